The van der Waals surface area contributed by atoms with Gasteiger partial charge in [0.2, 0.25) is 5.91 Å². The zero-order valence-corrected chi connectivity index (χ0v) is 13.7. The first-order valence-corrected chi connectivity index (χ1v) is 7.65. The Kier molecular flexibility index (Phi) is 4.37. The van der Waals surface area contributed by atoms with E-state index in [9.17, 15) is 9.59 Å². The number of amides is 2. The fraction of sp³-hybridized carbons (Fsp3) is 0.222. The molecule has 0 atom stereocenters. The number of aromatic nitrogens is 1. The van der Waals surface area contributed by atoms with E-state index >= 15 is 0 Å². The lowest BCUT2D eigenvalue weighted by molar-refractivity contribution is -0.129. The summed E-state index contributed by atoms with van der Waals surface area (Å²) < 4.78 is 7.03. The number of benzene rings is 1. The summed E-state index contributed by atoms with van der Waals surface area (Å²) in [6, 6.07) is 13.2. The third-order valence-electron chi connectivity index (χ3n) is 3.99. The number of furan rings is 1. The quantitative estimate of drug-likeness (QED) is 0.782. The molecule has 0 saturated carbocycles. The maximum absolute atomic E-state index is 12.3. The molecule has 124 valence electrons. The van der Waals surface area contributed by atoms with E-state index in [0.29, 0.717) is 17.8 Å². The fourth-order valence-electron chi connectivity index (χ4n) is 2.59. The molecule has 2 heterocycles. The number of nitrogens with zero attached hydrogens (tertiary/aromatic N) is 2. The number of hydrogen-bond acceptors (Lipinski definition) is 3. The van der Waals surface area contributed by atoms with Gasteiger partial charge in [0.25, 0.3) is 5.91 Å². The maximum Gasteiger partial charge on any atom is 0.268 e. The van der Waals surface area contributed by atoms with Crippen molar-refractivity contribution in [3.63, 3.8) is 0 Å². The molecule has 1 aromatic carbocycles. The molecule has 0 aliphatic heterocycles. The minimum Gasteiger partial charge on any atom is -0.463 e. The molecule has 0 saturated heterocycles. The molecule has 0 fully saturated rings. The van der Waals surface area contributed by atoms with Gasteiger partial charge in [0.15, 0.2) is 5.58 Å². The second kappa shape index (κ2) is 6.62. The Balaban J connectivity index is 1.58. The summed E-state index contributed by atoms with van der Waals surface area (Å²) in [5.41, 5.74) is 2.99. The monoisotopic (exact) mass is 325 g/mol. The Morgan fingerprint density at radius 3 is 2.67 bits per heavy atom. The molecule has 2 aromatic heterocycles. The summed E-state index contributed by atoms with van der Waals surface area (Å²) >= 11 is 0. The first kappa shape index (κ1) is 15.9. The summed E-state index contributed by atoms with van der Waals surface area (Å²) in [5.74, 6) is -0.449. The lowest BCUT2D eigenvalue weighted by Gasteiger charge is -2.17. The van der Waals surface area contributed by atoms with Gasteiger partial charge in [0.05, 0.1) is 18.3 Å². The zero-order valence-electron chi connectivity index (χ0n) is 13.7. The third-order valence-corrected chi connectivity index (χ3v) is 3.99. The van der Waals surface area contributed by atoms with Crippen LogP contribution in [0.25, 0.3) is 11.1 Å². The number of hydrogen-bond donors (Lipinski definition) is 1. The van der Waals surface area contributed by atoms with Gasteiger partial charge in [-0.15, -0.1) is 0 Å². The van der Waals surface area contributed by atoms with Crippen molar-refractivity contribution in [3.05, 3.63) is 60.0 Å². The third kappa shape index (κ3) is 3.17. The first-order valence-electron chi connectivity index (χ1n) is 7.65. The van der Waals surface area contributed by atoms with Crippen molar-refractivity contribution in [1.29, 1.82) is 0 Å². The van der Waals surface area contributed by atoms with E-state index < -0.39 is 0 Å². The molecular weight excluding hydrogens is 306 g/mol. The first-order chi connectivity index (χ1) is 11.6. The average Bonchev–Trinajstić information content (AvgIpc) is 3.16. The summed E-state index contributed by atoms with van der Waals surface area (Å²) in [6.07, 6.45) is 1.58. The predicted octanol–water partition coefficient (Wildman–Crippen LogP) is 2.16. The van der Waals surface area contributed by atoms with Crippen molar-refractivity contribution in [2.45, 2.75) is 6.54 Å². The van der Waals surface area contributed by atoms with Crippen LogP contribution in [-0.2, 0) is 18.4 Å². The highest BCUT2D eigenvalue weighted by Gasteiger charge is 2.17. The molecule has 2 amide bonds. The van der Waals surface area contributed by atoms with Crippen molar-refractivity contribution < 1.29 is 14.0 Å². The van der Waals surface area contributed by atoms with E-state index in [1.807, 2.05) is 30.3 Å². The molecule has 0 unspecified atom stereocenters. The van der Waals surface area contributed by atoms with Crippen molar-refractivity contribution in [1.82, 2.24) is 14.8 Å². The number of nitrogens with one attached hydrogen (secondary N) is 1. The normalized spacial score (nSPS) is 10.8. The number of rotatable bonds is 5. The number of carbonyl (C=O) groups is 2. The fourth-order valence-corrected chi connectivity index (χ4v) is 2.59. The predicted molar refractivity (Wildman–Crippen MR) is 90.4 cm³/mol. The Bertz CT molecular complexity index is 864. The topological polar surface area (TPSA) is 67.5 Å². The largest absolute Gasteiger partial charge is 0.463 e. The maximum atomic E-state index is 12.3. The molecule has 24 heavy (non-hydrogen) atoms. The van der Waals surface area contributed by atoms with Crippen LogP contribution in [0.4, 0.5) is 0 Å². The van der Waals surface area contributed by atoms with Crippen LogP contribution in [0, 0.1) is 0 Å². The number of fused-ring (bicyclic) bond motifs is 1. The molecule has 6 nitrogen and oxygen atoms in total. The van der Waals surface area contributed by atoms with E-state index in [0.717, 1.165) is 11.1 Å². The molecule has 0 bridgehead atoms. The van der Waals surface area contributed by atoms with Crippen molar-refractivity contribution in [3.8, 4) is 0 Å². The highest BCUT2D eigenvalue weighted by molar-refractivity contribution is 5.99. The van der Waals surface area contributed by atoms with E-state index in [2.05, 4.69) is 5.32 Å². The summed E-state index contributed by atoms with van der Waals surface area (Å²) in [7, 11) is 3.51. The molecule has 1 N–H and O–H groups in total. The number of aryl methyl sites for hydroxylation is 1. The van der Waals surface area contributed by atoms with Gasteiger partial charge in [-0.3, -0.25) is 9.59 Å². The van der Waals surface area contributed by atoms with Gasteiger partial charge in [0.1, 0.15) is 5.69 Å². The average molecular weight is 325 g/mol. The number of carbonyl (C=O) groups excluding carboxylic acids is 2. The van der Waals surface area contributed by atoms with E-state index in [-0.39, 0.29) is 18.4 Å². The van der Waals surface area contributed by atoms with Gasteiger partial charge in [-0.25, -0.2) is 0 Å². The van der Waals surface area contributed by atoms with Gasteiger partial charge in [-0.1, -0.05) is 30.3 Å². The van der Waals surface area contributed by atoms with E-state index in [1.54, 1.807) is 42.0 Å². The molecule has 0 aliphatic rings. The summed E-state index contributed by atoms with van der Waals surface area (Å²) in [6.45, 7) is 0.460. The van der Waals surface area contributed by atoms with Crippen LogP contribution in [0.2, 0.25) is 0 Å². The Morgan fingerprint density at radius 1 is 1.21 bits per heavy atom. The Hall–Kier alpha value is -3.02. The molecule has 3 aromatic rings. The highest BCUT2D eigenvalue weighted by Crippen LogP contribution is 2.19. The summed E-state index contributed by atoms with van der Waals surface area (Å²) in [5, 5.41) is 2.66. The van der Waals surface area contributed by atoms with Crippen LogP contribution in [0.1, 0.15) is 16.1 Å². The van der Waals surface area contributed by atoms with Crippen molar-refractivity contribution >= 4 is 22.9 Å². The molecule has 0 radical (unpaired) electrons. The van der Waals surface area contributed by atoms with Crippen LogP contribution in [0.3, 0.4) is 0 Å². The second-order valence-electron chi connectivity index (χ2n) is 5.68. The SMILES string of the molecule is CN(Cc1ccccc1)C(=O)CNC(=O)c1cc2occc2n1C. The molecule has 6 heteroatoms. The Morgan fingerprint density at radius 2 is 1.96 bits per heavy atom. The van der Waals surface area contributed by atoms with Crippen LogP contribution < -0.4 is 5.32 Å². The zero-order chi connectivity index (χ0) is 17.1. The van der Waals surface area contributed by atoms with E-state index in [4.69, 9.17) is 4.42 Å². The van der Waals surface area contributed by atoms with Gasteiger partial charge in [0, 0.05) is 32.8 Å². The number of likely N-dealkylation sites (N-methyl/N-ethyl adjacent to an activating group) is 1. The smallest absolute Gasteiger partial charge is 0.268 e. The Labute approximate surface area is 139 Å². The molecule has 0 spiro atoms. The molecular formula is C18H19N3O3. The van der Waals surface area contributed by atoms with E-state index in [1.165, 1.54) is 0 Å². The highest BCUT2D eigenvalue weighted by atomic mass is 16.3. The lowest BCUT2D eigenvalue weighted by Crippen LogP contribution is -2.38. The molecule has 0 aliphatic carbocycles. The second-order valence-corrected chi connectivity index (χ2v) is 5.68. The summed E-state index contributed by atoms with van der Waals surface area (Å²) in [4.78, 5) is 26.0. The van der Waals surface area contributed by atoms with Crippen LogP contribution in [0.15, 0.2) is 53.1 Å². The van der Waals surface area contributed by atoms with Crippen LogP contribution in [0.5, 0.6) is 0 Å². The minimum atomic E-state index is -0.301. The van der Waals surface area contributed by atoms with Gasteiger partial charge >= 0.3 is 0 Å². The standard InChI is InChI=1S/C18H19N3O3/c1-20(12-13-6-4-3-5-7-13)17(22)11-19-18(23)15-10-16-14(21(15)2)8-9-24-16/h3-10H,11-12H2,1-2H3,(H,19,23). The van der Waals surface area contributed by atoms with Crippen molar-refractivity contribution in [2.24, 2.45) is 7.05 Å². The van der Waals surface area contributed by atoms with Crippen LogP contribution >= 0.6 is 0 Å². The van der Waals surface area contributed by atoms with Crippen molar-refractivity contribution in [2.75, 3.05) is 13.6 Å². The molecule has 3 rings (SSSR count). The van der Waals surface area contributed by atoms with Gasteiger partial charge < -0.3 is 19.2 Å². The van der Waals surface area contributed by atoms with Gasteiger partial charge in [-0.05, 0) is 5.56 Å². The van der Waals surface area contributed by atoms with Gasteiger partial charge in [-0.2, -0.15) is 0 Å². The lowest BCUT2D eigenvalue weighted by atomic mass is 10.2. The minimum absolute atomic E-state index is 0.0469. The van der Waals surface area contributed by atoms with Crippen LogP contribution in [-0.4, -0.2) is 34.9 Å².